The van der Waals surface area contributed by atoms with E-state index in [0.717, 1.165) is 12.3 Å². The molecule has 2 unspecified atom stereocenters. The molecule has 1 saturated carbocycles. The second kappa shape index (κ2) is 6.41. The second-order valence-corrected chi connectivity index (χ2v) is 4.51. The van der Waals surface area contributed by atoms with Crippen LogP contribution in [0.2, 0.25) is 0 Å². The molecule has 0 aromatic rings. The number of hydrogen-bond donors (Lipinski definition) is 2. The van der Waals surface area contributed by atoms with Crippen molar-refractivity contribution in [2.45, 2.75) is 64.5 Å². The van der Waals surface area contributed by atoms with Gasteiger partial charge in [-0.2, -0.15) is 0 Å². The van der Waals surface area contributed by atoms with Crippen LogP contribution in [-0.2, 0) is 0 Å². The molecule has 1 rings (SSSR count). The van der Waals surface area contributed by atoms with Crippen molar-refractivity contribution in [1.82, 2.24) is 5.32 Å². The van der Waals surface area contributed by atoms with Gasteiger partial charge in [-0.3, -0.25) is 0 Å². The zero-order valence-corrected chi connectivity index (χ0v) is 9.63. The summed E-state index contributed by atoms with van der Waals surface area (Å²) >= 11 is 0. The van der Waals surface area contributed by atoms with Crippen molar-refractivity contribution in [3.8, 4) is 0 Å². The van der Waals surface area contributed by atoms with E-state index in [2.05, 4.69) is 19.2 Å². The minimum absolute atomic E-state index is 0.281. The summed E-state index contributed by atoms with van der Waals surface area (Å²) in [6, 6.07) is 0.970. The summed E-state index contributed by atoms with van der Waals surface area (Å²) in [5.41, 5.74) is 0. The van der Waals surface area contributed by atoms with Crippen LogP contribution in [-0.4, -0.2) is 23.8 Å². The minimum Gasteiger partial charge on any atom is -0.395 e. The van der Waals surface area contributed by atoms with E-state index in [1.807, 2.05) is 0 Å². The molecule has 0 heterocycles. The molecule has 3 atom stereocenters. The van der Waals surface area contributed by atoms with Crippen molar-refractivity contribution in [2.75, 3.05) is 6.61 Å². The number of hydrogen-bond acceptors (Lipinski definition) is 2. The van der Waals surface area contributed by atoms with E-state index >= 15 is 0 Å². The molecule has 0 saturated heterocycles. The summed E-state index contributed by atoms with van der Waals surface area (Å²) in [6.45, 7) is 4.70. The van der Waals surface area contributed by atoms with Crippen molar-refractivity contribution in [3.05, 3.63) is 0 Å². The molecule has 84 valence electrons. The van der Waals surface area contributed by atoms with Gasteiger partial charge >= 0.3 is 0 Å². The third-order valence-electron chi connectivity index (χ3n) is 3.60. The Morgan fingerprint density at radius 1 is 1.29 bits per heavy atom. The smallest absolute Gasteiger partial charge is 0.0584 e. The predicted octanol–water partition coefficient (Wildman–Crippen LogP) is 2.32. The fraction of sp³-hybridized carbons (Fsp3) is 1.00. The fourth-order valence-electron chi connectivity index (χ4n) is 2.52. The third-order valence-corrected chi connectivity index (χ3v) is 3.60. The highest BCUT2D eigenvalue weighted by Crippen LogP contribution is 2.27. The van der Waals surface area contributed by atoms with Crippen molar-refractivity contribution in [2.24, 2.45) is 5.92 Å². The van der Waals surface area contributed by atoms with Crippen molar-refractivity contribution in [1.29, 1.82) is 0 Å². The molecule has 1 fully saturated rings. The Hall–Kier alpha value is -0.0800. The monoisotopic (exact) mass is 199 g/mol. The van der Waals surface area contributed by atoms with E-state index in [4.69, 9.17) is 5.11 Å². The zero-order chi connectivity index (χ0) is 10.4. The first kappa shape index (κ1) is 12.0. The van der Waals surface area contributed by atoms with E-state index in [1.54, 1.807) is 0 Å². The molecular formula is C12H25NO. The van der Waals surface area contributed by atoms with Crippen LogP contribution < -0.4 is 5.32 Å². The number of rotatable bonds is 5. The Morgan fingerprint density at radius 2 is 2.00 bits per heavy atom. The van der Waals surface area contributed by atoms with Crippen molar-refractivity contribution in [3.63, 3.8) is 0 Å². The van der Waals surface area contributed by atoms with Crippen LogP contribution in [0.4, 0.5) is 0 Å². The molecular weight excluding hydrogens is 174 g/mol. The maximum Gasteiger partial charge on any atom is 0.0584 e. The van der Waals surface area contributed by atoms with E-state index in [1.165, 1.54) is 32.1 Å². The lowest BCUT2D eigenvalue weighted by molar-refractivity contribution is 0.184. The van der Waals surface area contributed by atoms with Gasteiger partial charge in [-0.05, 0) is 25.2 Å². The highest BCUT2D eigenvalue weighted by molar-refractivity contribution is 4.82. The van der Waals surface area contributed by atoms with Crippen LogP contribution in [0.25, 0.3) is 0 Å². The molecule has 0 aromatic carbocycles. The predicted molar refractivity (Wildman–Crippen MR) is 60.3 cm³/mol. The van der Waals surface area contributed by atoms with Gasteiger partial charge in [0, 0.05) is 12.1 Å². The van der Waals surface area contributed by atoms with E-state index < -0.39 is 0 Å². The molecule has 1 aliphatic rings. The van der Waals surface area contributed by atoms with E-state index in [-0.39, 0.29) is 6.61 Å². The molecule has 0 aromatic heterocycles. The summed E-state index contributed by atoms with van der Waals surface area (Å²) in [4.78, 5) is 0. The fourth-order valence-corrected chi connectivity index (χ4v) is 2.52. The Labute approximate surface area is 88.1 Å². The van der Waals surface area contributed by atoms with Gasteiger partial charge in [-0.15, -0.1) is 0 Å². The first-order chi connectivity index (χ1) is 6.81. The maximum absolute atomic E-state index is 9.15. The average molecular weight is 199 g/mol. The van der Waals surface area contributed by atoms with Gasteiger partial charge in [0.25, 0.3) is 0 Å². The Bertz CT molecular complexity index is 145. The molecule has 1 aliphatic carbocycles. The van der Waals surface area contributed by atoms with Gasteiger partial charge < -0.3 is 10.4 Å². The molecule has 0 amide bonds. The lowest BCUT2D eigenvalue weighted by Gasteiger charge is -2.34. The Balaban J connectivity index is 2.39. The van der Waals surface area contributed by atoms with Gasteiger partial charge in [0.15, 0.2) is 0 Å². The Morgan fingerprint density at radius 3 is 2.57 bits per heavy atom. The van der Waals surface area contributed by atoms with E-state index in [0.29, 0.717) is 12.1 Å². The molecule has 2 nitrogen and oxygen atoms in total. The third kappa shape index (κ3) is 3.25. The Kier molecular flexibility index (Phi) is 5.49. The van der Waals surface area contributed by atoms with Crippen LogP contribution >= 0.6 is 0 Å². The molecule has 2 N–H and O–H groups in total. The molecule has 0 spiro atoms. The minimum atomic E-state index is 0.281. The van der Waals surface area contributed by atoms with Gasteiger partial charge in [0.1, 0.15) is 0 Å². The molecule has 14 heavy (non-hydrogen) atoms. The summed E-state index contributed by atoms with van der Waals surface area (Å²) in [7, 11) is 0. The van der Waals surface area contributed by atoms with Crippen LogP contribution in [0, 0.1) is 5.92 Å². The average Bonchev–Trinajstić information content (AvgIpc) is 2.26. The number of aliphatic hydroxyl groups is 1. The topological polar surface area (TPSA) is 32.3 Å². The van der Waals surface area contributed by atoms with Crippen LogP contribution in [0.15, 0.2) is 0 Å². The van der Waals surface area contributed by atoms with Gasteiger partial charge in [-0.1, -0.05) is 33.1 Å². The number of aliphatic hydroxyl groups excluding tert-OH is 1. The van der Waals surface area contributed by atoms with E-state index in [9.17, 15) is 0 Å². The summed E-state index contributed by atoms with van der Waals surface area (Å²) in [5.74, 6) is 0.837. The van der Waals surface area contributed by atoms with Gasteiger partial charge in [-0.25, -0.2) is 0 Å². The van der Waals surface area contributed by atoms with Crippen LogP contribution in [0.3, 0.4) is 0 Å². The standard InChI is InChI=1S/C12H25NO/c1-3-10-7-5-6-8-12(10)13-11(4-2)9-14/h10-14H,3-9H2,1-2H3/t10?,11-,12?/m0/s1. The van der Waals surface area contributed by atoms with Crippen molar-refractivity contribution < 1.29 is 5.11 Å². The molecule has 0 bridgehead atoms. The maximum atomic E-state index is 9.15. The van der Waals surface area contributed by atoms with Gasteiger partial charge in [0.2, 0.25) is 0 Å². The molecule has 0 aliphatic heterocycles. The number of nitrogens with one attached hydrogen (secondary N) is 1. The van der Waals surface area contributed by atoms with Crippen LogP contribution in [0.1, 0.15) is 52.4 Å². The highest BCUT2D eigenvalue weighted by atomic mass is 16.3. The second-order valence-electron chi connectivity index (χ2n) is 4.51. The molecule has 0 radical (unpaired) electrons. The van der Waals surface area contributed by atoms with Gasteiger partial charge in [0.05, 0.1) is 6.61 Å². The molecule has 2 heteroatoms. The quantitative estimate of drug-likeness (QED) is 0.712. The first-order valence-corrected chi connectivity index (χ1v) is 6.18. The zero-order valence-electron chi connectivity index (χ0n) is 9.63. The summed E-state index contributed by atoms with van der Waals surface area (Å²) in [6.07, 6.45) is 7.73. The largest absolute Gasteiger partial charge is 0.395 e. The lowest BCUT2D eigenvalue weighted by Crippen LogP contribution is -2.45. The lowest BCUT2D eigenvalue weighted by atomic mass is 9.82. The van der Waals surface area contributed by atoms with Crippen molar-refractivity contribution >= 4 is 0 Å². The SMILES string of the molecule is CCC1CCCCC1N[C@@H](CC)CO. The highest BCUT2D eigenvalue weighted by Gasteiger charge is 2.24. The first-order valence-electron chi connectivity index (χ1n) is 6.18. The summed E-state index contributed by atoms with van der Waals surface area (Å²) in [5, 5.41) is 12.8. The normalized spacial score (nSPS) is 30.2. The summed E-state index contributed by atoms with van der Waals surface area (Å²) < 4.78 is 0. The van der Waals surface area contributed by atoms with Crippen LogP contribution in [0.5, 0.6) is 0 Å².